The molecule has 0 aromatic carbocycles. The Morgan fingerprint density at radius 3 is 3.04 bits per heavy atom. The lowest BCUT2D eigenvalue weighted by molar-refractivity contribution is -0.0559. The van der Waals surface area contributed by atoms with Crippen molar-refractivity contribution in [2.75, 3.05) is 32.8 Å². The lowest BCUT2D eigenvalue weighted by Crippen LogP contribution is -2.52. The number of aliphatic imine (C=N–C) groups is 1. The van der Waals surface area contributed by atoms with Gasteiger partial charge in [-0.15, -0.1) is 24.0 Å². The van der Waals surface area contributed by atoms with Crippen LogP contribution >= 0.6 is 24.0 Å². The number of hydrogen-bond acceptors (Lipinski definition) is 3. The predicted octanol–water partition coefficient (Wildman–Crippen LogP) is 3.54. The maximum absolute atomic E-state index is 5.94. The van der Waals surface area contributed by atoms with Crippen LogP contribution in [0.25, 0.3) is 0 Å². The van der Waals surface area contributed by atoms with Gasteiger partial charge in [0.2, 0.25) is 0 Å². The Kier molecular flexibility index (Phi) is 8.55. The van der Waals surface area contributed by atoms with Gasteiger partial charge in [-0.3, -0.25) is 4.99 Å². The molecule has 2 unspecified atom stereocenters. The van der Waals surface area contributed by atoms with Crippen LogP contribution in [0.1, 0.15) is 38.9 Å². The number of halogens is 1. The van der Waals surface area contributed by atoms with Crippen LogP contribution in [0.3, 0.4) is 0 Å². The van der Waals surface area contributed by atoms with E-state index in [9.17, 15) is 0 Å². The molecular formula is C19H32IN3O2. The van der Waals surface area contributed by atoms with Crippen LogP contribution in [0, 0.1) is 11.8 Å². The normalized spacial score (nSPS) is 24.0. The summed E-state index contributed by atoms with van der Waals surface area (Å²) >= 11 is 0. The molecule has 0 saturated carbocycles. The molecule has 3 rings (SSSR count). The zero-order chi connectivity index (χ0) is 16.8. The summed E-state index contributed by atoms with van der Waals surface area (Å²) in [5.74, 6) is 3.30. The second kappa shape index (κ2) is 10.4. The van der Waals surface area contributed by atoms with Gasteiger partial charge in [-0.05, 0) is 37.3 Å². The van der Waals surface area contributed by atoms with Crippen molar-refractivity contribution in [1.29, 1.82) is 0 Å². The highest BCUT2D eigenvalue weighted by Crippen LogP contribution is 2.28. The fourth-order valence-corrected chi connectivity index (χ4v) is 3.57. The van der Waals surface area contributed by atoms with Crippen molar-refractivity contribution in [3.05, 3.63) is 24.2 Å². The maximum Gasteiger partial charge on any atom is 0.193 e. The third-order valence-electron chi connectivity index (χ3n) is 4.86. The van der Waals surface area contributed by atoms with E-state index in [0.717, 1.165) is 57.3 Å². The number of hydrogen-bond donors (Lipinski definition) is 1. The van der Waals surface area contributed by atoms with Gasteiger partial charge in [-0.1, -0.05) is 13.8 Å². The van der Waals surface area contributed by atoms with E-state index >= 15 is 0 Å². The Bertz CT molecular complexity index is 519. The molecule has 2 fully saturated rings. The van der Waals surface area contributed by atoms with Gasteiger partial charge in [0.15, 0.2) is 5.96 Å². The third-order valence-corrected chi connectivity index (χ3v) is 4.86. The summed E-state index contributed by atoms with van der Waals surface area (Å²) in [4.78, 5) is 7.29. The second-order valence-corrected chi connectivity index (χ2v) is 7.36. The van der Waals surface area contributed by atoms with Crippen LogP contribution in [0.15, 0.2) is 27.8 Å². The standard InChI is InChI=1S/C19H31N3O2.HI/c1-15(2)13-21-19(20-9-7-17-6-4-11-23-17)22-10-8-18-16(14-22)5-3-12-24-18;/h4,6,11,15-16,18H,3,5,7-10,12-14H2,1-2H3,(H,20,21);1H. The first-order valence-corrected chi connectivity index (χ1v) is 9.39. The Morgan fingerprint density at radius 2 is 2.28 bits per heavy atom. The predicted molar refractivity (Wildman–Crippen MR) is 112 cm³/mol. The van der Waals surface area contributed by atoms with Crippen LogP contribution in [0.5, 0.6) is 0 Å². The van der Waals surface area contributed by atoms with E-state index in [2.05, 4.69) is 24.1 Å². The molecule has 5 nitrogen and oxygen atoms in total. The number of nitrogens with one attached hydrogen (secondary N) is 1. The van der Waals surface area contributed by atoms with Crippen LogP contribution < -0.4 is 5.32 Å². The Morgan fingerprint density at radius 1 is 1.40 bits per heavy atom. The Hall–Kier alpha value is -0.760. The SMILES string of the molecule is CC(C)CN=C(NCCc1ccco1)N1CCC2OCCCC2C1.I. The first kappa shape index (κ1) is 20.6. The summed E-state index contributed by atoms with van der Waals surface area (Å²) in [5.41, 5.74) is 0. The molecule has 25 heavy (non-hydrogen) atoms. The molecule has 1 aromatic rings. The van der Waals surface area contributed by atoms with Gasteiger partial charge in [0.1, 0.15) is 5.76 Å². The summed E-state index contributed by atoms with van der Waals surface area (Å²) in [7, 11) is 0. The van der Waals surface area contributed by atoms with Crippen molar-refractivity contribution in [2.45, 2.75) is 45.6 Å². The van der Waals surface area contributed by atoms with E-state index in [1.165, 1.54) is 12.8 Å². The van der Waals surface area contributed by atoms with E-state index in [1.807, 2.05) is 12.1 Å². The van der Waals surface area contributed by atoms with E-state index in [-0.39, 0.29) is 24.0 Å². The zero-order valence-corrected chi connectivity index (χ0v) is 17.8. The smallest absolute Gasteiger partial charge is 0.193 e. The largest absolute Gasteiger partial charge is 0.469 e. The number of ether oxygens (including phenoxy) is 1. The first-order chi connectivity index (χ1) is 11.7. The van der Waals surface area contributed by atoms with E-state index < -0.39 is 0 Å². The molecular weight excluding hydrogens is 429 g/mol. The van der Waals surface area contributed by atoms with Crippen LogP contribution in [-0.4, -0.2) is 49.7 Å². The molecule has 2 aliphatic rings. The fourth-order valence-electron chi connectivity index (χ4n) is 3.57. The summed E-state index contributed by atoms with van der Waals surface area (Å²) in [6.07, 6.45) is 6.67. The van der Waals surface area contributed by atoms with Crippen LogP contribution in [0.2, 0.25) is 0 Å². The van der Waals surface area contributed by atoms with Crippen molar-refractivity contribution >= 4 is 29.9 Å². The highest BCUT2D eigenvalue weighted by Gasteiger charge is 2.33. The van der Waals surface area contributed by atoms with E-state index in [0.29, 0.717) is 17.9 Å². The number of fused-ring (bicyclic) bond motifs is 1. The number of guanidine groups is 1. The minimum absolute atomic E-state index is 0. The summed E-state index contributed by atoms with van der Waals surface area (Å²) < 4.78 is 11.4. The van der Waals surface area contributed by atoms with Crippen molar-refractivity contribution < 1.29 is 9.15 Å². The minimum Gasteiger partial charge on any atom is -0.469 e. The van der Waals surface area contributed by atoms with Gasteiger partial charge >= 0.3 is 0 Å². The quantitative estimate of drug-likeness (QED) is 0.414. The lowest BCUT2D eigenvalue weighted by Gasteiger charge is -2.42. The topological polar surface area (TPSA) is 50.0 Å². The maximum atomic E-state index is 5.94. The molecule has 142 valence electrons. The average Bonchev–Trinajstić information content (AvgIpc) is 3.10. The molecule has 3 heterocycles. The molecule has 0 aliphatic carbocycles. The number of likely N-dealkylation sites (tertiary alicyclic amines) is 1. The lowest BCUT2D eigenvalue weighted by atomic mass is 9.88. The fraction of sp³-hybridized carbons (Fsp3) is 0.737. The molecule has 2 atom stereocenters. The van der Waals surface area contributed by atoms with E-state index in [1.54, 1.807) is 6.26 Å². The van der Waals surface area contributed by atoms with Crippen LogP contribution in [0.4, 0.5) is 0 Å². The summed E-state index contributed by atoms with van der Waals surface area (Å²) in [6, 6.07) is 3.97. The highest BCUT2D eigenvalue weighted by molar-refractivity contribution is 14.0. The highest BCUT2D eigenvalue weighted by atomic mass is 127. The Balaban J connectivity index is 0.00000225. The monoisotopic (exact) mass is 461 g/mol. The molecule has 2 aliphatic heterocycles. The summed E-state index contributed by atoms with van der Waals surface area (Å²) in [6.45, 7) is 9.18. The van der Waals surface area contributed by atoms with Crippen molar-refractivity contribution in [2.24, 2.45) is 16.8 Å². The zero-order valence-electron chi connectivity index (χ0n) is 15.4. The average molecular weight is 461 g/mol. The van der Waals surface area contributed by atoms with E-state index in [4.69, 9.17) is 14.1 Å². The van der Waals surface area contributed by atoms with Gasteiger partial charge in [0, 0.05) is 45.1 Å². The van der Waals surface area contributed by atoms with Gasteiger partial charge in [-0.25, -0.2) is 0 Å². The van der Waals surface area contributed by atoms with Gasteiger partial charge in [0.25, 0.3) is 0 Å². The number of rotatable bonds is 5. The minimum atomic E-state index is 0. The number of nitrogens with zero attached hydrogens (tertiary/aromatic N) is 2. The molecule has 0 radical (unpaired) electrons. The number of furan rings is 1. The Labute approximate surface area is 168 Å². The van der Waals surface area contributed by atoms with Crippen molar-refractivity contribution in [3.63, 3.8) is 0 Å². The number of piperidine rings is 1. The summed E-state index contributed by atoms with van der Waals surface area (Å²) in [5, 5.41) is 3.55. The molecule has 0 spiro atoms. The van der Waals surface area contributed by atoms with Crippen molar-refractivity contribution in [1.82, 2.24) is 10.2 Å². The third kappa shape index (κ3) is 6.16. The van der Waals surface area contributed by atoms with Crippen LogP contribution in [-0.2, 0) is 11.2 Å². The van der Waals surface area contributed by atoms with Gasteiger partial charge < -0.3 is 19.4 Å². The molecule has 0 amide bonds. The molecule has 1 N–H and O–H groups in total. The first-order valence-electron chi connectivity index (χ1n) is 9.39. The molecule has 6 heteroatoms. The molecule has 0 bridgehead atoms. The second-order valence-electron chi connectivity index (χ2n) is 7.36. The molecule has 2 saturated heterocycles. The van der Waals surface area contributed by atoms with Gasteiger partial charge in [-0.2, -0.15) is 0 Å². The van der Waals surface area contributed by atoms with Crippen molar-refractivity contribution in [3.8, 4) is 0 Å². The molecule has 1 aromatic heterocycles. The van der Waals surface area contributed by atoms with Gasteiger partial charge in [0.05, 0.1) is 12.4 Å².